The van der Waals surface area contributed by atoms with Crippen LogP contribution in [0.2, 0.25) is 5.02 Å². The molecule has 112 valence electrons. The molecule has 0 radical (unpaired) electrons. The van der Waals surface area contributed by atoms with Crippen LogP contribution in [-0.4, -0.2) is 29.4 Å². The lowest BCUT2D eigenvalue weighted by Crippen LogP contribution is -2.50. The van der Waals surface area contributed by atoms with Crippen LogP contribution in [0.15, 0.2) is 18.2 Å². The second-order valence-corrected chi connectivity index (χ2v) is 6.09. The summed E-state index contributed by atoms with van der Waals surface area (Å²) in [5.74, 6) is -0.0595. The first kappa shape index (κ1) is 16.8. The van der Waals surface area contributed by atoms with Crippen molar-refractivity contribution in [2.24, 2.45) is 0 Å². The summed E-state index contributed by atoms with van der Waals surface area (Å²) in [5, 5.41) is 3.35. The predicted octanol–water partition coefficient (Wildman–Crippen LogP) is 3.37. The highest BCUT2D eigenvalue weighted by Gasteiger charge is 2.29. The smallest absolute Gasteiger partial charge is 0.241 e. The van der Waals surface area contributed by atoms with Crippen molar-refractivity contribution in [1.29, 1.82) is 0 Å². The summed E-state index contributed by atoms with van der Waals surface area (Å²) in [7, 11) is 1.96. The second-order valence-electron chi connectivity index (χ2n) is 5.68. The van der Waals surface area contributed by atoms with Crippen molar-refractivity contribution in [3.8, 4) is 0 Å². The van der Waals surface area contributed by atoms with E-state index in [-0.39, 0.29) is 17.5 Å². The van der Waals surface area contributed by atoms with Crippen molar-refractivity contribution in [2.45, 2.75) is 45.7 Å². The first-order valence-electron chi connectivity index (χ1n) is 6.78. The van der Waals surface area contributed by atoms with Crippen molar-refractivity contribution in [2.75, 3.05) is 18.1 Å². The van der Waals surface area contributed by atoms with Gasteiger partial charge in [-0.25, -0.2) is 0 Å². The van der Waals surface area contributed by atoms with E-state index in [0.717, 1.165) is 6.42 Å². The molecule has 0 aliphatic carbocycles. The van der Waals surface area contributed by atoms with Crippen LogP contribution in [0.1, 0.15) is 34.1 Å². The molecule has 4 nitrogen and oxygen atoms in total. The molecule has 20 heavy (non-hydrogen) atoms. The quantitative estimate of drug-likeness (QED) is 0.819. The van der Waals surface area contributed by atoms with Gasteiger partial charge in [0.2, 0.25) is 5.91 Å². The van der Waals surface area contributed by atoms with Crippen molar-refractivity contribution >= 4 is 28.9 Å². The third kappa shape index (κ3) is 3.87. The molecule has 0 saturated carbocycles. The van der Waals surface area contributed by atoms with E-state index in [1.54, 1.807) is 18.2 Å². The minimum atomic E-state index is -0.234. The minimum Gasteiger partial charge on any atom is -0.397 e. The summed E-state index contributed by atoms with van der Waals surface area (Å²) >= 11 is 5.86. The summed E-state index contributed by atoms with van der Waals surface area (Å²) in [6.07, 6.45) is 0.967. The molecule has 1 unspecified atom stereocenters. The lowest BCUT2D eigenvalue weighted by Gasteiger charge is -2.38. The summed E-state index contributed by atoms with van der Waals surface area (Å²) < 4.78 is 0. The van der Waals surface area contributed by atoms with Gasteiger partial charge < -0.3 is 11.1 Å². The van der Waals surface area contributed by atoms with Crippen LogP contribution in [0, 0.1) is 0 Å². The normalized spacial score (nSPS) is 13.3. The molecule has 0 bridgehead atoms. The van der Waals surface area contributed by atoms with Gasteiger partial charge in [0.1, 0.15) is 0 Å². The number of hydrogen-bond donors (Lipinski definition) is 2. The number of rotatable bonds is 5. The summed E-state index contributed by atoms with van der Waals surface area (Å²) in [6.45, 7) is 8.25. The highest BCUT2D eigenvalue weighted by atomic mass is 35.5. The predicted molar refractivity (Wildman–Crippen MR) is 86.1 cm³/mol. The van der Waals surface area contributed by atoms with Gasteiger partial charge in [0.25, 0.3) is 0 Å². The number of carbonyl (C=O) groups excluding carboxylic acids is 1. The highest BCUT2D eigenvalue weighted by molar-refractivity contribution is 6.33. The third-order valence-electron chi connectivity index (χ3n) is 4.04. The van der Waals surface area contributed by atoms with Crippen LogP contribution in [0.4, 0.5) is 11.4 Å². The molecule has 1 aromatic carbocycles. The van der Waals surface area contributed by atoms with Gasteiger partial charge in [-0.3, -0.25) is 9.69 Å². The number of anilines is 2. The molecular weight excluding hydrogens is 274 g/mol. The van der Waals surface area contributed by atoms with Crippen LogP contribution in [0.3, 0.4) is 0 Å². The molecule has 0 aromatic heterocycles. The summed E-state index contributed by atoms with van der Waals surface area (Å²) in [4.78, 5) is 14.4. The van der Waals surface area contributed by atoms with Gasteiger partial charge >= 0.3 is 0 Å². The van der Waals surface area contributed by atoms with E-state index < -0.39 is 0 Å². The number of benzene rings is 1. The Bertz CT molecular complexity index is 488. The van der Waals surface area contributed by atoms with Gasteiger partial charge in [0.15, 0.2) is 0 Å². The lowest BCUT2D eigenvalue weighted by molar-refractivity contribution is -0.122. The monoisotopic (exact) mass is 297 g/mol. The maximum atomic E-state index is 12.3. The van der Waals surface area contributed by atoms with E-state index in [1.807, 2.05) is 14.0 Å². The average Bonchev–Trinajstić information content (AvgIpc) is 2.41. The number of nitrogens with two attached hydrogens (primary N) is 1. The van der Waals surface area contributed by atoms with Crippen molar-refractivity contribution in [3.63, 3.8) is 0 Å². The van der Waals surface area contributed by atoms with E-state index in [9.17, 15) is 4.79 Å². The standard InChI is InChI=1S/C15H24ClN3O/c1-6-15(3,4)19(5)10(2)14(20)18-11-7-8-12(16)13(17)9-11/h7-10H,6,17H2,1-5H3,(H,18,20). The van der Waals surface area contributed by atoms with E-state index in [0.29, 0.717) is 16.4 Å². The molecule has 0 fully saturated rings. The Morgan fingerprint density at radius 1 is 1.50 bits per heavy atom. The molecule has 1 rings (SSSR count). The maximum Gasteiger partial charge on any atom is 0.241 e. The van der Waals surface area contributed by atoms with Crippen LogP contribution < -0.4 is 11.1 Å². The average molecular weight is 298 g/mol. The van der Waals surface area contributed by atoms with Crippen molar-refractivity contribution < 1.29 is 4.79 Å². The fourth-order valence-corrected chi connectivity index (χ4v) is 1.94. The Labute approximate surface area is 126 Å². The van der Waals surface area contributed by atoms with Gasteiger partial charge in [-0.1, -0.05) is 18.5 Å². The largest absolute Gasteiger partial charge is 0.397 e. The van der Waals surface area contributed by atoms with Crippen LogP contribution in [0.25, 0.3) is 0 Å². The van der Waals surface area contributed by atoms with Crippen LogP contribution in [-0.2, 0) is 4.79 Å². The zero-order chi connectivity index (χ0) is 15.5. The molecule has 1 aromatic rings. The molecule has 1 atom stereocenters. The maximum absolute atomic E-state index is 12.3. The number of nitrogen functional groups attached to an aromatic ring is 1. The summed E-state index contributed by atoms with van der Waals surface area (Å²) in [5.41, 5.74) is 6.81. The van der Waals surface area contributed by atoms with Gasteiger partial charge in [0, 0.05) is 11.2 Å². The van der Waals surface area contributed by atoms with Gasteiger partial charge in [-0.2, -0.15) is 0 Å². The Kier molecular flexibility index (Phi) is 5.42. The highest BCUT2D eigenvalue weighted by Crippen LogP contribution is 2.23. The molecule has 0 aliphatic rings. The van der Waals surface area contributed by atoms with Crippen LogP contribution >= 0.6 is 11.6 Å². The number of halogens is 1. The number of nitrogens with zero attached hydrogens (tertiary/aromatic N) is 1. The van der Waals surface area contributed by atoms with Gasteiger partial charge in [-0.05, 0) is 52.4 Å². The van der Waals surface area contributed by atoms with Crippen LogP contribution in [0.5, 0.6) is 0 Å². The molecule has 0 saturated heterocycles. The molecule has 0 aliphatic heterocycles. The number of hydrogen-bond acceptors (Lipinski definition) is 3. The number of nitrogens with one attached hydrogen (secondary N) is 1. The summed E-state index contributed by atoms with van der Waals surface area (Å²) in [6, 6.07) is 4.85. The minimum absolute atomic E-state index is 0.0320. The fourth-order valence-electron chi connectivity index (χ4n) is 1.82. The Balaban J connectivity index is 2.77. The van der Waals surface area contributed by atoms with E-state index in [4.69, 9.17) is 17.3 Å². The molecule has 1 amide bonds. The first-order chi connectivity index (χ1) is 9.19. The molecular formula is C15H24ClN3O. The topological polar surface area (TPSA) is 58.4 Å². The van der Waals surface area contributed by atoms with Gasteiger partial charge in [0.05, 0.1) is 16.8 Å². The van der Waals surface area contributed by atoms with Gasteiger partial charge in [-0.15, -0.1) is 0 Å². The molecule has 0 spiro atoms. The molecule has 0 heterocycles. The lowest BCUT2D eigenvalue weighted by atomic mass is 9.98. The number of carbonyl (C=O) groups is 1. The van der Waals surface area contributed by atoms with Crippen molar-refractivity contribution in [1.82, 2.24) is 4.90 Å². The zero-order valence-electron chi connectivity index (χ0n) is 12.8. The van der Waals surface area contributed by atoms with E-state index >= 15 is 0 Å². The second kappa shape index (κ2) is 6.46. The van der Waals surface area contributed by atoms with Crippen molar-refractivity contribution in [3.05, 3.63) is 23.2 Å². The zero-order valence-corrected chi connectivity index (χ0v) is 13.6. The van der Waals surface area contributed by atoms with E-state index in [2.05, 4.69) is 31.0 Å². The fraction of sp³-hybridized carbons (Fsp3) is 0.533. The number of amides is 1. The number of likely N-dealkylation sites (N-methyl/N-ethyl adjacent to an activating group) is 1. The Morgan fingerprint density at radius 2 is 2.10 bits per heavy atom. The Morgan fingerprint density at radius 3 is 2.60 bits per heavy atom. The molecule has 5 heteroatoms. The molecule has 3 N–H and O–H groups in total. The SMILES string of the molecule is CCC(C)(C)N(C)C(C)C(=O)Nc1ccc(Cl)c(N)c1. The van der Waals surface area contributed by atoms with E-state index in [1.165, 1.54) is 0 Å². The Hall–Kier alpha value is -1.26. The third-order valence-corrected chi connectivity index (χ3v) is 4.39. The first-order valence-corrected chi connectivity index (χ1v) is 7.15.